The van der Waals surface area contributed by atoms with E-state index < -0.39 is 0 Å². The van der Waals surface area contributed by atoms with E-state index in [1.165, 1.54) is 17.3 Å². The Morgan fingerprint density at radius 2 is 1.70 bits per heavy atom. The molecule has 0 aliphatic rings. The van der Waals surface area contributed by atoms with Gasteiger partial charge >= 0.3 is 0 Å². The van der Waals surface area contributed by atoms with Crippen LogP contribution in [0.2, 0.25) is 0 Å². The van der Waals surface area contributed by atoms with Crippen molar-refractivity contribution in [2.45, 2.75) is 24.9 Å². The number of carbonyl (C=O) groups is 1. The largest absolute Gasteiger partial charge is 0.355 e. The Balaban J connectivity index is 1.55. The SMILES string of the molecule is Cc1cc(-c2ccccc2)nc(SCC(=O)NC[C@@H](C)c2ccccc2)n1. The Hall–Kier alpha value is -2.66. The van der Waals surface area contributed by atoms with E-state index >= 15 is 0 Å². The Morgan fingerprint density at radius 3 is 2.41 bits per heavy atom. The average Bonchev–Trinajstić information content (AvgIpc) is 2.71. The summed E-state index contributed by atoms with van der Waals surface area (Å²) >= 11 is 1.36. The summed E-state index contributed by atoms with van der Waals surface area (Å²) in [6.45, 7) is 4.67. The molecule has 0 saturated carbocycles. The lowest BCUT2D eigenvalue weighted by atomic mass is 10.0. The highest BCUT2D eigenvalue weighted by atomic mass is 32.2. The first-order chi connectivity index (χ1) is 13.1. The van der Waals surface area contributed by atoms with Crippen molar-refractivity contribution in [1.29, 1.82) is 0 Å². The second-order valence-corrected chi connectivity index (χ2v) is 7.39. The molecule has 0 unspecified atom stereocenters. The fourth-order valence-corrected chi connectivity index (χ4v) is 3.44. The van der Waals surface area contributed by atoms with E-state index in [1.807, 2.05) is 61.5 Å². The maximum absolute atomic E-state index is 12.2. The number of rotatable bonds is 7. The number of hydrogen-bond acceptors (Lipinski definition) is 4. The summed E-state index contributed by atoms with van der Waals surface area (Å²) in [4.78, 5) is 21.2. The zero-order valence-electron chi connectivity index (χ0n) is 15.6. The van der Waals surface area contributed by atoms with Crippen molar-refractivity contribution in [2.24, 2.45) is 0 Å². The van der Waals surface area contributed by atoms with Gasteiger partial charge in [0.05, 0.1) is 11.4 Å². The van der Waals surface area contributed by atoms with Crippen LogP contribution >= 0.6 is 11.8 Å². The fraction of sp³-hybridized carbons (Fsp3) is 0.227. The summed E-state index contributed by atoms with van der Waals surface area (Å²) in [6.07, 6.45) is 0. The van der Waals surface area contributed by atoms with E-state index in [0.29, 0.717) is 17.5 Å². The maximum atomic E-state index is 12.2. The van der Waals surface area contributed by atoms with Crippen LogP contribution in [0.3, 0.4) is 0 Å². The van der Waals surface area contributed by atoms with E-state index in [1.54, 1.807) is 0 Å². The second kappa shape index (κ2) is 9.33. The minimum absolute atomic E-state index is 0.00542. The van der Waals surface area contributed by atoms with E-state index in [0.717, 1.165) is 17.0 Å². The quantitative estimate of drug-likeness (QED) is 0.488. The van der Waals surface area contributed by atoms with Crippen LogP contribution in [0.15, 0.2) is 71.9 Å². The zero-order chi connectivity index (χ0) is 19.1. The van der Waals surface area contributed by atoms with E-state index in [4.69, 9.17) is 0 Å². The molecule has 3 aromatic rings. The molecule has 3 rings (SSSR count). The number of nitrogens with one attached hydrogen (secondary N) is 1. The summed E-state index contributed by atoms with van der Waals surface area (Å²) in [5.41, 5.74) is 4.04. The highest BCUT2D eigenvalue weighted by molar-refractivity contribution is 7.99. The highest BCUT2D eigenvalue weighted by Gasteiger charge is 2.10. The molecule has 0 fully saturated rings. The highest BCUT2D eigenvalue weighted by Crippen LogP contribution is 2.21. The van der Waals surface area contributed by atoms with Gasteiger partial charge in [-0.2, -0.15) is 0 Å². The minimum atomic E-state index is -0.00542. The normalized spacial score (nSPS) is 11.8. The van der Waals surface area contributed by atoms with E-state index in [2.05, 4.69) is 34.3 Å². The number of aryl methyl sites for hydroxylation is 1. The topological polar surface area (TPSA) is 54.9 Å². The minimum Gasteiger partial charge on any atom is -0.355 e. The van der Waals surface area contributed by atoms with Crippen molar-refractivity contribution in [3.05, 3.63) is 78.0 Å². The van der Waals surface area contributed by atoms with Gasteiger partial charge in [0.1, 0.15) is 0 Å². The van der Waals surface area contributed by atoms with Gasteiger partial charge in [-0.3, -0.25) is 4.79 Å². The molecule has 5 heteroatoms. The van der Waals surface area contributed by atoms with Gasteiger partial charge in [0.25, 0.3) is 0 Å². The maximum Gasteiger partial charge on any atom is 0.230 e. The molecule has 0 radical (unpaired) electrons. The lowest BCUT2D eigenvalue weighted by Crippen LogP contribution is -2.29. The van der Waals surface area contributed by atoms with Crippen molar-refractivity contribution in [3.8, 4) is 11.3 Å². The van der Waals surface area contributed by atoms with Gasteiger partial charge in [-0.25, -0.2) is 9.97 Å². The van der Waals surface area contributed by atoms with Gasteiger partial charge in [0, 0.05) is 17.8 Å². The molecule has 0 aliphatic carbocycles. The van der Waals surface area contributed by atoms with Crippen LogP contribution in [0.4, 0.5) is 0 Å². The summed E-state index contributed by atoms with van der Waals surface area (Å²) in [5.74, 6) is 0.577. The number of amides is 1. The summed E-state index contributed by atoms with van der Waals surface area (Å²) in [6, 6.07) is 22.1. The Bertz CT molecular complexity index is 885. The van der Waals surface area contributed by atoms with Crippen molar-refractivity contribution >= 4 is 17.7 Å². The van der Waals surface area contributed by atoms with Crippen LogP contribution in [0.1, 0.15) is 24.1 Å². The number of hydrogen-bond donors (Lipinski definition) is 1. The van der Waals surface area contributed by atoms with Gasteiger partial charge in [-0.1, -0.05) is 79.3 Å². The third-order valence-electron chi connectivity index (χ3n) is 4.21. The van der Waals surface area contributed by atoms with Gasteiger partial charge in [-0.05, 0) is 24.5 Å². The van der Waals surface area contributed by atoms with Crippen LogP contribution < -0.4 is 5.32 Å². The predicted octanol–water partition coefficient (Wildman–Crippen LogP) is 4.46. The van der Waals surface area contributed by atoms with Crippen molar-refractivity contribution in [1.82, 2.24) is 15.3 Å². The second-order valence-electron chi connectivity index (χ2n) is 6.45. The van der Waals surface area contributed by atoms with Crippen LogP contribution in [-0.2, 0) is 4.79 Å². The van der Waals surface area contributed by atoms with Crippen molar-refractivity contribution in [3.63, 3.8) is 0 Å². The molecule has 27 heavy (non-hydrogen) atoms. The fourth-order valence-electron chi connectivity index (χ4n) is 2.71. The number of aromatic nitrogens is 2. The summed E-state index contributed by atoms with van der Waals surface area (Å²) < 4.78 is 0. The lowest BCUT2D eigenvalue weighted by Gasteiger charge is -2.13. The van der Waals surface area contributed by atoms with Crippen LogP contribution in [0.5, 0.6) is 0 Å². The number of carbonyl (C=O) groups excluding carboxylic acids is 1. The van der Waals surface area contributed by atoms with Gasteiger partial charge in [0.2, 0.25) is 5.91 Å². The number of nitrogens with zero attached hydrogens (tertiary/aromatic N) is 2. The molecule has 4 nitrogen and oxygen atoms in total. The third kappa shape index (κ3) is 5.66. The Morgan fingerprint density at radius 1 is 1.04 bits per heavy atom. The average molecular weight is 378 g/mol. The van der Waals surface area contributed by atoms with Crippen LogP contribution in [0.25, 0.3) is 11.3 Å². The molecule has 0 aliphatic heterocycles. The molecule has 138 valence electrons. The molecule has 0 bridgehead atoms. The van der Waals surface area contributed by atoms with Crippen molar-refractivity contribution in [2.75, 3.05) is 12.3 Å². The van der Waals surface area contributed by atoms with E-state index in [-0.39, 0.29) is 11.8 Å². The number of thioether (sulfide) groups is 1. The molecule has 1 aromatic heterocycles. The molecule has 2 aromatic carbocycles. The predicted molar refractivity (Wildman–Crippen MR) is 111 cm³/mol. The van der Waals surface area contributed by atoms with Gasteiger partial charge in [0.15, 0.2) is 5.16 Å². The molecular weight excluding hydrogens is 354 g/mol. The van der Waals surface area contributed by atoms with Crippen LogP contribution in [0, 0.1) is 6.92 Å². The lowest BCUT2D eigenvalue weighted by molar-refractivity contribution is -0.118. The first kappa shape index (κ1) is 19.1. The molecule has 1 heterocycles. The third-order valence-corrected chi connectivity index (χ3v) is 5.06. The van der Waals surface area contributed by atoms with E-state index in [9.17, 15) is 4.79 Å². The van der Waals surface area contributed by atoms with Crippen LogP contribution in [-0.4, -0.2) is 28.2 Å². The Labute approximate surface area is 164 Å². The first-order valence-corrected chi connectivity index (χ1v) is 9.96. The smallest absolute Gasteiger partial charge is 0.230 e. The molecule has 1 atom stereocenters. The molecule has 1 N–H and O–H groups in total. The molecule has 0 spiro atoms. The zero-order valence-corrected chi connectivity index (χ0v) is 16.4. The summed E-state index contributed by atoms with van der Waals surface area (Å²) in [7, 11) is 0. The van der Waals surface area contributed by atoms with Crippen molar-refractivity contribution < 1.29 is 4.79 Å². The van der Waals surface area contributed by atoms with Gasteiger partial charge in [-0.15, -0.1) is 0 Å². The first-order valence-electron chi connectivity index (χ1n) is 8.97. The van der Waals surface area contributed by atoms with Gasteiger partial charge < -0.3 is 5.32 Å². The Kier molecular flexibility index (Phi) is 6.60. The molecular formula is C22H23N3OS. The standard InChI is InChI=1S/C22H23N3OS/c1-16(18-9-5-3-6-10-18)14-23-21(26)15-27-22-24-17(2)13-20(25-22)19-11-7-4-8-12-19/h3-13,16H,14-15H2,1-2H3,(H,23,26)/t16-/m1/s1. The molecule has 1 amide bonds. The summed E-state index contributed by atoms with van der Waals surface area (Å²) in [5, 5.41) is 3.62. The molecule has 0 saturated heterocycles. The number of benzene rings is 2. The monoisotopic (exact) mass is 377 g/mol.